The summed E-state index contributed by atoms with van der Waals surface area (Å²) in [6, 6.07) is 25.4. The Bertz CT molecular complexity index is 1730. The lowest BCUT2D eigenvalue weighted by atomic mass is 10.1. The Labute approximate surface area is 192 Å². The van der Waals surface area contributed by atoms with Crippen molar-refractivity contribution >= 4 is 33.4 Å². The number of hydrogen-bond donors (Lipinski definition) is 0. The highest BCUT2D eigenvalue weighted by Gasteiger charge is 2.14. The number of ether oxygens (including phenoxy) is 1. The van der Waals surface area contributed by atoms with Crippen molar-refractivity contribution in [3.63, 3.8) is 0 Å². The zero-order valence-corrected chi connectivity index (χ0v) is 18.5. The fraction of sp³-hybridized carbons (Fsp3) is 0.0385. The van der Waals surface area contributed by atoms with Crippen molar-refractivity contribution in [2.24, 2.45) is 0 Å². The monoisotopic (exact) mass is 450 g/mol. The third-order valence-corrected chi connectivity index (χ3v) is 6.51. The predicted molar refractivity (Wildman–Crippen MR) is 131 cm³/mol. The number of methoxy groups -OCH3 is 1. The first-order chi connectivity index (χ1) is 16.2. The molecule has 3 aromatic carbocycles. The summed E-state index contributed by atoms with van der Waals surface area (Å²) in [5.74, 6) is 0.748. The number of thiazole rings is 1. The highest BCUT2D eigenvalue weighted by atomic mass is 32.1. The van der Waals surface area contributed by atoms with Gasteiger partial charge in [-0.15, -0.1) is 0 Å². The van der Waals surface area contributed by atoms with E-state index in [0.717, 1.165) is 39.3 Å². The molecule has 0 N–H and O–H groups in total. The van der Waals surface area contributed by atoms with Crippen LogP contribution in [0.1, 0.15) is 5.56 Å². The molecular formula is C26H18N4O2S. The molecule has 0 spiro atoms. The average molecular weight is 451 g/mol. The molecule has 0 saturated heterocycles. The first-order valence-corrected chi connectivity index (χ1v) is 11.2. The molecule has 33 heavy (non-hydrogen) atoms. The van der Waals surface area contributed by atoms with Crippen LogP contribution >= 0.6 is 11.3 Å². The number of nitrogens with zero attached hydrogens (tertiary/aromatic N) is 4. The molecule has 6 aromatic rings. The zero-order chi connectivity index (χ0) is 22.4. The molecule has 0 saturated carbocycles. The first-order valence-electron chi connectivity index (χ1n) is 10.4. The van der Waals surface area contributed by atoms with Crippen LogP contribution < -0.4 is 14.8 Å². The van der Waals surface area contributed by atoms with E-state index in [-0.39, 0.29) is 5.56 Å². The van der Waals surface area contributed by atoms with Crippen LogP contribution in [0.2, 0.25) is 0 Å². The van der Waals surface area contributed by atoms with Crippen molar-refractivity contribution in [1.29, 1.82) is 0 Å². The van der Waals surface area contributed by atoms with E-state index in [9.17, 15) is 4.79 Å². The lowest BCUT2D eigenvalue weighted by Gasteiger charge is -2.03. The van der Waals surface area contributed by atoms with Crippen LogP contribution in [-0.4, -0.2) is 26.3 Å². The summed E-state index contributed by atoms with van der Waals surface area (Å²) in [7, 11) is 1.64. The van der Waals surface area contributed by atoms with Gasteiger partial charge in [-0.05, 0) is 42.5 Å². The Kier molecular flexibility index (Phi) is 4.55. The summed E-state index contributed by atoms with van der Waals surface area (Å²) in [6.45, 7) is 0. The molecule has 0 amide bonds. The molecule has 160 valence electrons. The Hall–Kier alpha value is -4.23. The van der Waals surface area contributed by atoms with E-state index in [1.165, 1.54) is 11.3 Å². The van der Waals surface area contributed by atoms with Crippen LogP contribution in [-0.2, 0) is 0 Å². The Morgan fingerprint density at radius 1 is 0.970 bits per heavy atom. The van der Waals surface area contributed by atoms with E-state index < -0.39 is 0 Å². The molecule has 0 unspecified atom stereocenters. The minimum absolute atomic E-state index is 0.0762. The number of benzene rings is 3. The maximum absolute atomic E-state index is 13.3. The van der Waals surface area contributed by atoms with E-state index in [4.69, 9.17) is 9.84 Å². The zero-order valence-electron chi connectivity index (χ0n) is 17.7. The Morgan fingerprint density at radius 2 is 1.79 bits per heavy atom. The fourth-order valence-corrected chi connectivity index (χ4v) is 4.93. The highest BCUT2D eigenvalue weighted by molar-refractivity contribution is 7.15. The summed E-state index contributed by atoms with van der Waals surface area (Å²) in [6.07, 6.45) is 3.85. The normalized spacial score (nSPS) is 12.1. The van der Waals surface area contributed by atoms with Gasteiger partial charge in [0.15, 0.2) is 4.96 Å². The van der Waals surface area contributed by atoms with E-state index >= 15 is 0 Å². The number of hydrogen-bond acceptors (Lipinski definition) is 5. The van der Waals surface area contributed by atoms with Gasteiger partial charge in [0.05, 0.1) is 28.4 Å². The quantitative estimate of drug-likeness (QED) is 0.401. The molecule has 0 atom stereocenters. The molecule has 6 nitrogen and oxygen atoms in total. The minimum atomic E-state index is -0.0762. The van der Waals surface area contributed by atoms with Crippen molar-refractivity contribution in [3.8, 4) is 22.7 Å². The van der Waals surface area contributed by atoms with E-state index in [1.54, 1.807) is 11.5 Å². The van der Waals surface area contributed by atoms with Crippen molar-refractivity contribution in [2.75, 3.05) is 7.11 Å². The largest absolute Gasteiger partial charge is 0.497 e. The van der Waals surface area contributed by atoms with E-state index in [2.05, 4.69) is 4.98 Å². The van der Waals surface area contributed by atoms with Gasteiger partial charge >= 0.3 is 0 Å². The van der Waals surface area contributed by atoms with Crippen LogP contribution in [0.4, 0.5) is 0 Å². The summed E-state index contributed by atoms with van der Waals surface area (Å²) in [5, 5.41) is 4.85. The van der Waals surface area contributed by atoms with Gasteiger partial charge in [0.1, 0.15) is 11.4 Å². The van der Waals surface area contributed by atoms with Crippen molar-refractivity contribution in [1.82, 2.24) is 19.2 Å². The van der Waals surface area contributed by atoms with Crippen LogP contribution in [0.3, 0.4) is 0 Å². The Balaban J connectivity index is 1.58. The first kappa shape index (κ1) is 19.5. The van der Waals surface area contributed by atoms with Gasteiger partial charge in [0.2, 0.25) is 0 Å². The summed E-state index contributed by atoms with van der Waals surface area (Å²) in [5.41, 5.74) is 5.03. The standard InChI is InChI=1S/C26H18N4O2S/c1-32-20-11-7-8-17(14-20)24-18(16-29(28-24)19-9-3-2-4-10-19)15-23-25(31)30-22-13-6-5-12-21(22)27-26(30)33-23/h2-16H,1H3. The van der Waals surface area contributed by atoms with E-state index in [1.807, 2.05) is 95.8 Å². The second-order valence-electron chi connectivity index (χ2n) is 7.58. The van der Waals surface area contributed by atoms with Gasteiger partial charge in [-0.2, -0.15) is 5.10 Å². The molecule has 0 fully saturated rings. The van der Waals surface area contributed by atoms with Gasteiger partial charge in [0.25, 0.3) is 5.56 Å². The molecule has 0 radical (unpaired) electrons. The SMILES string of the molecule is COc1cccc(-c2nn(-c3ccccc3)cc2C=c2sc3nc4ccccc4n3c2=O)c1. The maximum atomic E-state index is 13.3. The van der Waals surface area contributed by atoms with Gasteiger partial charge in [-0.3, -0.25) is 4.79 Å². The molecule has 0 aliphatic rings. The number of rotatable bonds is 4. The van der Waals surface area contributed by atoms with Crippen LogP contribution in [0, 0.1) is 0 Å². The van der Waals surface area contributed by atoms with Crippen molar-refractivity contribution in [3.05, 3.63) is 106 Å². The Morgan fingerprint density at radius 3 is 2.64 bits per heavy atom. The smallest absolute Gasteiger partial charge is 0.274 e. The topological polar surface area (TPSA) is 61.4 Å². The lowest BCUT2D eigenvalue weighted by Crippen LogP contribution is -2.22. The number of imidazole rings is 1. The average Bonchev–Trinajstić information content (AvgIpc) is 3.53. The van der Waals surface area contributed by atoms with E-state index in [0.29, 0.717) is 9.49 Å². The second kappa shape index (κ2) is 7.72. The lowest BCUT2D eigenvalue weighted by molar-refractivity contribution is 0.415. The molecule has 0 bridgehead atoms. The molecule has 0 aliphatic carbocycles. The van der Waals surface area contributed by atoms with Gasteiger partial charge in [-0.25, -0.2) is 14.1 Å². The molecule has 3 heterocycles. The molecule has 6 rings (SSSR count). The van der Waals surface area contributed by atoms with Crippen molar-refractivity contribution in [2.45, 2.75) is 0 Å². The maximum Gasteiger partial charge on any atom is 0.274 e. The summed E-state index contributed by atoms with van der Waals surface area (Å²) in [4.78, 5) is 18.6. The van der Waals surface area contributed by atoms with Crippen molar-refractivity contribution < 1.29 is 4.74 Å². The predicted octanol–water partition coefficient (Wildman–Crippen LogP) is 4.32. The molecule has 7 heteroatoms. The van der Waals surface area contributed by atoms with Gasteiger partial charge in [0, 0.05) is 17.3 Å². The molecule has 0 aliphatic heterocycles. The third-order valence-electron chi connectivity index (χ3n) is 5.54. The number of aromatic nitrogens is 4. The van der Waals surface area contributed by atoms with Gasteiger partial charge < -0.3 is 4.74 Å². The highest BCUT2D eigenvalue weighted by Crippen LogP contribution is 2.27. The van der Waals surface area contributed by atoms with Gasteiger partial charge in [-0.1, -0.05) is 53.8 Å². The molecular weight excluding hydrogens is 432 g/mol. The van der Waals surface area contributed by atoms with Crippen LogP contribution in [0.5, 0.6) is 5.75 Å². The minimum Gasteiger partial charge on any atom is -0.497 e. The number of para-hydroxylation sites is 3. The number of fused-ring (bicyclic) bond motifs is 3. The second-order valence-corrected chi connectivity index (χ2v) is 8.59. The third kappa shape index (κ3) is 3.30. The fourth-order valence-electron chi connectivity index (χ4n) is 3.95. The van der Waals surface area contributed by atoms with Crippen LogP contribution in [0.15, 0.2) is 89.9 Å². The summed E-state index contributed by atoms with van der Waals surface area (Å²) >= 11 is 1.38. The molecule has 3 aromatic heterocycles. The van der Waals surface area contributed by atoms with Crippen LogP contribution in [0.25, 0.3) is 39.0 Å². The summed E-state index contributed by atoms with van der Waals surface area (Å²) < 4.78 is 9.53.